The quantitative estimate of drug-likeness (QED) is 0.512. The van der Waals surface area contributed by atoms with E-state index in [1.807, 2.05) is 20.8 Å². The molecule has 1 aromatic rings. The van der Waals surface area contributed by atoms with E-state index in [0.717, 1.165) is 25.7 Å². The summed E-state index contributed by atoms with van der Waals surface area (Å²) in [5.74, 6) is 0.146. The Labute approximate surface area is 151 Å². The zero-order valence-corrected chi connectivity index (χ0v) is 16.2. The van der Waals surface area contributed by atoms with Gasteiger partial charge in [-0.2, -0.15) is 0 Å². The molecule has 0 saturated heterocycles. The van der Waals surface area contributed by atoms with E-state index >= 15 is 0 Å². The summed E-state index contributed by atoms with van der Waals surface area (Å²) in [7, 11) is -3.23. The fourth-order valence-corrected chi connectivity index (χ4v) is 3.62. The standard InChI is InChI=1S/C18H30N2O4S/c1-18(2,3)24-17(21)20-13-7-5-4-6-8-14-25(22,23)16-11-9-15(19)10-12-16/h9-12H,4-8,13-14,19H2,1-3H3,(H,20,21). The van der Waals surface area contributed by atoms with Gasteiger partial charge in [0, 0.05) is 12.2 Å². The summed E-state index contributed by atoms with van der Waals surface area (Å²) >= 11 is 0. The van der Waals surface area contributed by atoms with Crippen LogP contribution in [0.4, 0.5) is 10.5 Å². The highest BCUT2D eigenvalue weighted by Crippen LogP contribution is 2.15. The SMILES string of the molecule is CC(C)(C)OC(=O)NCCCCCCCS(=O)(=O)c1ccc(N)cc1. The van der Waals surface area contributed by atoms with Crippen molar-refractivity contribution in [3.05, 3.63) is 24.3 Å². The van der Waals surface area contributed by atoms with Gasteiger partial charge in [-0.1, -0.05) is 19.3 Å². The van der Waals surface area contributed by atoms with E-state index in [2.05, 4.69) is 5.32 Å². The summed E-state index contributed by atoms with van der Waals surface area (Å²) in [4.78, 5) is 11.8. The Morgan fingerprint density at radius 2 is 1.60 bits per heavy atom. The van der Waals surface area contributed by atoms with E-state index in [9.17, 15) is 13.2 Å². The Morgan fingerprint density at radius 1 is 1.04 bits per heavy atom. The lowest BCUT2D eigenvalue weighted by molar-refractivity contribution is 0.0527. The molecule has 6 nitrogen and oxygen atoms in total. The molecule has 0 heterocycles. The number of nitrogens with one attached hydrogen (secondary N) is 1. The van der Waals surface area contributed by atoms with Gasteiger partial charge < -0.3 is 15.8 Å². The molecule has 0 aliphatic heterocycles. The Bertz CT molecular complexity index is 634. The molecule has 0 spiro atoms. The zero-order chi connectivity index (χ0) is 18.9. The molecule has 0 bridgehead atoms. The number of ether oxygens (including phenoxy) is 1. The van der Waals surface area contributed by atoms with Crippen molar-refractivity contribution in [2.75, 3.05) is 18.0 Å². The molecule has 3 N–H and O–H groups in total. The number of nitrogens with two attached hydrogens (primary N) is 1. The smallest absolute Gasteiger partial charge is 0.407 e. The number of alkyl carbamates (subject to hydrolysis) is 1. The van der Waals surface area contributed by atoms with Gasteiger partial charge >= 0.3 is 6.09 Å². The molecule has 0 aliphatic carbocycles. The van der Waals surface area contributed by atoms with E-state index < -0.39 is 21.5 Å². The third kappa shape index (κ3) is 9.34. The maximum atomic E-state index is 12.2. The maximum absolute atomic E-state index is 12.2. The van der Waals surface area contributed by atoms with E-state index in [4.69, 9.17) is 10.5 Å². The highest BCUT2D eigenvalue weighted by atomic mass is 32.2. The van der Waals surface area contributed by atoms with Crippen LogP contribution in [0.5, 0.6) is 0 Å². The molecule has 0 unspecified atom stereocenters. The molecule has 1 rings (SSSR count). The highest BCUT2D eigenvalue weighted by molar-refractivity contribution is 7.91. The molecule has 1 amide bonds. The number of sulfone groups is 1. The minimum absolute atomic E-state index is 0.146. The molecule has 0 fully saturated rings. The Balaban J connectivity index is 2.12. The first-order valence-electron chi connectivity index (χ1n) is 8.65. The summed E-state index contributed by atoms with van der Waals surface area (Å²) < 4.78 is 29.5. The van der Waals surface area contributed by atoms with Crippen LogP contribution in [0.25, 0.3) is 0 Å². The Morgan fingerprint density at radius 3 is 2.20 bits per heavy atom. The number of amides is 1. The van der Waals surface area contributed by atoms with Gasteiger partial charge in [0.25, 0.3) is 0 Å². The fraction of sp³-hybridized carbons (Fsp3) is 0.611. The minimum atomic E-state index is -3.23. The van der Waals surface area contributed by atoms with Crippen LogP contribution in [0, 0.1) is 0 Å². The summed E-state index contributed by atoms with van der Waals surface area (Å²) in [6.07, 6.45) is 3.81. The van der Waals surface area contributed by atoms with Crippen molar-refractivity contribution in [2.45, 2.75) is 63.4 Å². The number of rotatable bonds is 9. The molecule has 0 radical (unpaired) electrons. The van der Waals surface area contributed by atoms with Crippen LogP contribution in [-0.2, 0) is 14.6 Å². The second kappa shape index (κ2) is 9.65. The van der Waals surface area contributed by atoms with Crippen molar-refractivity contribution in [1.82, 2.24) is 5.32 Å². The van der Waals surface area contributed by atoms with Crippen molar-refractivity contribution in [3.63, 3.8) is 0 Å². The first-order chi connectivity index (χ1) is 11.6. The Hall–Kier alpha value is -1.76. The topological polar surface area (TPSA) is 98.5 Å². The first kappa shape index (κ1) is 21.3. The van der Waals surface area contributed by atoms with Gasteiger partial charge in [-0.3, -0.25) is 0 Å². The van der Waals surface area contributed by atoms with Crippen LogP contribution >= 0.6 is 0 Å². The fourth-order valence-electron chi connectivity index (χ4n) is 2.25. The van der Waals surface area contributed by atoms with Crippen molar-refractivity contribution in [3.8, 4) is 0 Å². The average molecular weight is 371 g/mol. The van der Waals surface area contributed by atoms with Crippen LogP contribution in [0.2, 0.25) is 0 Å². The predicted octanol–water partition coefficient (Wildman–Crippen LogP) is 3.52. The lowest BCUT2D eigenvalue weighted by atomic mass is 10.1. The van der Waals surface area contributed by atoms with Crippen LogP contribution in [-0.4, -0.2) is 32.4 Å². The number of nitrogen functional groups attached to an aromatic ring is 1. The molecular formula is C18H30N2O4S. The molecule has 0 aromatic heterocycles. The van der Waals surface area contributed by atoms with Crippen molar-refractivity contribution < 1.29 is 17.9 Å². The Kier molecular flexibility index (Phi) is 8.22. The number of hydrogen-bond donors (Lipinski definition) is 2. The number of benzene rings is 1. The molecule has 7 heteroatoms. The van der Waals surface area contributed by atoms with Crippen molar-refractivity contribution in [1.29, 1.82) is 0 Å². The largest absolute Gasteiger partial charge is 0.444 e. The number of hydrogen-bond acceptors (Lipinski definition) is 5. The maximum Gasteiger partial charge on any atom is 0.407 e. The molecule has 0 atom stereocenters. The number of carbonyl (C=O) groups is 1. The predicted molar refractivity (Wildman–Crippen MR) is 100 cm³/mol. The van der Waals surface area contributed by atoms with Gasteiger partial charge in [-0.25, -0.2) is 13.2 Å². The lowest BCUT2D eigenvalue weighted by Gasteiger charge is -2.19. The summed E-state index contributed by atoms with van der Waals surface area (Å²) in [5.41, 5.74) is 5.64. The molecule has 25 heavy (non-hydrogen) atoms. The minimum Gasteiger partial charge on any atom is -0.444 e. The van der Waals surface area contributed by atoms with Gasteiger partial charge in [0.2, 0.25) is 0 Å². The van der Waals surface area contributed by atoms with Crippen LogP contribution < -0.4 is 11.1 Å². The zero-order valence-electron chi connectivity index (χ0n) is 15.4. The third-order valence-electron chi connectivity index (χ3n) is 3.50. The lowest BCUT2D eigenvalue weighted by Crippen LogP contribution is -2.32. The van der Waals surface area contributed by atoms with Crippen molar-refractivity contribution >= 4 is 21.6 Å². The second-order valence-electron chi connectivity index (χ2n) is 7.08. The molecule has 142 valence electrons. The molecular weight excluding hydrogens is 340 g/mol. The summed E-state index contributed by atoms with van der Waals surface area (Å²) in [6, 6.07) is 6.30. The summed E-state index contributed by atoms with van der Waals surface area (Å²) in [5, 5.41) is 2.71. The van der Waals surface area contributed by atoms with Crippen LogP contribution in [0.15, 0.2) is 29.2 Å². The van der Waals surface area contributed by atoms with E-state index in [-0.39, 0.29) is 5.75 Å². The molecule has 1 aromatic carbocycles. The number of unbranched alkanes of at least 4 members (excludes halogenated alkanes) is 4. The van der Waals surface area contributed by atoms with Crippen molar-refractivity contribution in [2.24, 2.45) is 0 Å². The summed E-state index contributed by atoms with van der Waals surface area (Å²) in [6.45, 7) is 6.04. The van der Waals surface area contributed by atoms with E-state index in [0.29, 0.717) is 23.5 Å². The second-order valence-corrected chi connectivity index (χ2v) is 9.19. The van der Waals surface area contributed by atoms with E-state index in [1.165, 1.54) is 0 Å². The van der Waals surface area contributed by atoms with Gasteiger partial charge in [0.1, 0.15) is 5.60 Å². The number of carbonyl (C=O) groups excluding carboxylic acids is 1. The van der Waals surface area contributed by atoms with Gasteiger partial charge in [0.05, 0.1) is 10.6 Å². The highest BCUT2D eigenvalue weighted by Gasteiger charge is 2.15. The monoisotopic (exact) mass is 370 g/mol. The van der Waals surface area contributed by atoms with Crippen LogP contribution in [0.3, 0.4) is 0 Å². The van der Waals surface area contributed by atoms with Crippen LogP contribution in [0.1, 0.15) is 52.9 Å². The molecule has 0 saturated carbocycles. The first-order valence-corrected chi connectivity index (χ1v) is 10.3. The normalized spacial score (nSPS) is 12.0. The van der Waals surface area contributed by atoms with Gasteiger partial charge in [-0.05, 0) is 57.9 Å². The third-order valence-corrected chi connectivity index (χ3v) is 5.31. The van der Waals surface area contributed by atoms with Gasteiger partial charge in [-0.15, -0.1) is 0 Å². The average Bonchev–Trinajstić information content (AvgIpc) is 2.48. The molecule has 0 aliphatic rings. The van der Waals surface area contributed by atoms with E-state index in [1.54, 1.807) is 24.3 Å². The number of anilines is 1. The van der Waals surface area contributed by atoms with Gasteiger partial charge in [0.15, 0.2) is 9.84 Å².